The minimum Gasteiger partial charge on any atom is -0.324 e. The summed E-state index contributed by atoms with van der Waals surface area (Å²) in [6.07, 6.45) is 0. The van der Waals surface area contributed by atoms with E-state index in [1.165, 1.54) is 6.07 Å². The topological polar surface area (TPSA) is 87.8 Å². The molecule has 1 aromatic heterocycles. The van der Waals surface area contributed by atoms with Gasteiger partial charge in [-0.3, -0.25) is 9.59 Å². The Labute approximate surface area is 115 Å². The molecule has 1 heterocycles. The Hall–Kier alpha value is -2.94. The molecule has 0 bridgehead atoms. The van der Waals surface area contributed by atoms with E-state index in [1.54, 1.807) is 37.3 Å². The molecular formula is C14H12N4O2. The smallest absolute Gasteiger partial charge is 0.267 e. The van der Waals surface area contributed by atoms with E-state index in [4.69, 9.17) is 5.26 Å². The highest BCUT2D eigenvalue weighted by molar-refractivity contribution is 5.90. The number of aromatic nitrogens is 2. The van der Waals surface area contributed by atoms with E-state index in [1.807, 2.05) is 6.07 Å². The Balaban J connectivity index is 2.11. The van der Waals surface area contributed by atoms with Crippen LogP contribution in [0.2, 0.25) is 0 Å². The highest BCUT2D eigenvalue weighted by Crippen LogP contribution is 2.09. The molecule has 0 atom stereocenters. The zero-order valence-corrected chi connectivity index (χ0v) is 10.8. The summed E-state index contributed by atoms with van der Waals surface area (Å²) in [7, 11) is 0. The van der Waals surface area contributed by atoms with Crippen LogP contribution in [0.4, 0.5) is 5.69 Å². The lowest BCUT2D eigenvalue weighted by molar-refractivity contribution is -0.117. The maximum atomic E-state index is 11.9. The fraction of sp³-hybridized carbons (Fsp3) is 0.143. The van der Waals surface area contributed by atoms with Crippen LogP contribution in [-0.2, 0) is 11.3 Å². The molecule has 0 radical (unpaired) electrons. The highest BCUT2D eigenvalue weighted by Gasteiger charge is 2.06. The van der Waals surface area contributed by atoms with Crippen molar-refractivity contribution in [3.8, 4) is 6.07 Å². The lowest BCUT2D eigenvalue weighted by Gasteiger charge is -2.07. The molecule has 0 aliphatic heterocycles. The van der Waals surface area contributed by atoms with E-state index in [2.05, 4.69) is 10.4 Å². The Kier molecular flexibility index (Phi) is 3.91. The standard InChI is InChI=1S/C14H12N4O2/c1-10-5-6-14(20)18(17-10)9-13(19)16-12-4-2-3-11(7-12)8-15/h2-7H,9H2,1H3,(H,16,19). The summed E-state index contributed by atoms with van der Waals surface area (Å²) in [6, 6.07) is 11.5. The third kappa shape index (κ3) is 3.29. The zero-order valence-electron chi connectivity index (χ0n) is 10.8. The second-order valence-corrected chi connectivity index (χ2v) is 4.21. The van der Waals surface area contributed by atoms with Gasteiger partial charge < -0.3 is 5.32 Å². The van der Waals surface area contributed by atoms with Crippen LogP contribution >= 0.6 is 0 Å². The molecule has 100 valence electrons. The molecule has 1 amide bonds. The van der Waals surface area contributed by atoms with Gasteiger partial charge in [0, 0.05) is 11.8 Å². The quantitative estimate of drug-likeness (QED) is 0.901. The number of aryl methyl sites for hydroxylation is 1. The normalized spacial score (nSPS) is 9.80. The van der Waals surface area contributed by atoms with E-state index in [-0.39, 0.29) is 18.0 Å². The number of carbonyl (C=O) groups excluding carboxylic acids is 1. The zero-order chi connectivity index (χ0) is 14.5. The van der Waals surface area contributed by atoms with Crippen molar-refractivity contribution in [1.82, 2.24) is 9.78 Å². The van der Waals surface area contributed by atoms with Gasteiger partial charge in [-0.2, -0.15) is 10.4 Å². The first-order valence-electron chi connectivity index (χ1n) is 5.93. The van der Waals surface area contributed by atoms with Crippen LogP contribution in [0.25, 0.3) is 0 Å². The summed E-state index contributed by atoms with van der Waals surface area (Å²) in [5.41, 5.74) is 1.28. The van der Waals surface area contributed by atoms with Gasteiger partial charge in [0.15, 0.2) is 0 Å². The third-order valence-corrected chi connectivity index (χ3v) is 2.57. The van der Waals surface area contributed by atoms with Gasteiger partial charge in [0.2, 0.25) is 5.91 Å². The third-order valence-electron chi connectivity index (χ3n) is 2.57. The molecule has 0 unspecified atom stereocenters. The highest BCUT2D eigenvalue weighted by atomic mass is 16.2. The summed E-state index contributed by atoms with van der Waals surface area (Å²) in [5.74, 6) is -0.375. The fourth-order valence-electron chi connectivity index (χ4n) is 1.67. The monoisotopic (exact) mass is 268 g/mol. The van der Waals surface area contributed by atoms with Crippen molar-refractivity contribution in [2.45, 2.75) is 13.5 Å². The molecule has 2 aromatic rings. The largest absolute Gasteiger partial charge is 0.324 e. The molecule has 6 nitrogen and oxygen atoms in total. The van der Waals surface area contributed by atoms with Crippen LogP contribution in [0.5, 0.6) is 0 Å². The number of amides is 1. The second kappa shape index (κ2) is 5.80. The molecule has 0 aliphatic rings. The number of nitriles is 1. The summed E-state index contributed by atoms with van der Waals surface area (Å²) >= 11 is 0. The van der Waals surface area contributed by atoms with Crippen molar-refractivity contribution in [3.63, 3.8) is 0 Å². The van der Waals surface area contributed by atoms with Crippen molar-refractivity contribution in [2.24, 2.45) is 0 Å². The fourth-order valence-corrected chi connectivity index (χ4v) is 1.67. The second-order valence-electron chi connectivity index (χ2n) is 4.21. The minimum atomic E-state index is -0.375. The van der Waals surface area contributed by atoms with Crippen molar-refractivity contribution >= 4 is 11.6 Å². The first kappa shape index (κ1) is 13.5. The Morgan fingerprint density at radius 3 is 2.95 bits per heavy atom. The molecule has 0 saturated heterocycles. The van der Waals surface area contributed by atoms with Crippen LogP contribution in [0, 0.1) is 18.3 Å². The van der Waals surface area contributed by atoms with Gasteiger partial charge in [0.05, 0.1) is 17.3 Å². The molecule has 6 heteroatoms. The van der Waals surface area contributed by atoms with Gasteiger partial charge in [-0.15, -0.1) is 0 Å². The number of carbonyl (C=O) groups is 1. The lowest BCUT2D eigenvalue weighted by Crippen LogP contribution is -2.29. The number of nitrogens with zero attached hydrogens (tertiary/aromatic N) is 3. The predicted octanol–water partition coefficient (Wildman–Crippen LogP) is 1.06. The number of rotatable bonds is 3. The average Bonchev–Trinajstić information content (AvgIpc) is 2.43. The molecule has 0 aliphatic carbocycles. The SMILES string of the molecule is Cc1ccc(=O)n(CC(=O)Nc2cccc(C#N)c2)n1. The molecule has 1 N–H and O–H groups in total. The van der Waals surface area contributed by atoms with Crippen LogP contribution in [0.3, 0.4) is 0 Å². The molecule has 0 spiro atoms. The Bertz CT molecular complexity index is 743. The van der Waals surface area contributed by atoms with Crippen molar-refractivity contribution in [3.05, 3.63) is 58.0 Å². The molecule has 2 rings (SSSR count). The van der Waals surface area contributed by atoms with E-state index < -0.39 is 0 Å². The number of anilines is 1. The number of benzene rings is 1. The Morgan fingerprint density at radius 1 is 1.40 bits per heavy atom. The molecular weight excluding hydrogens is 256 g/mol. The maximum Gasteiger partial charge on any atom is 0.267 e. The van der Waals surface area contributed by atoms with Gasteiger partial charge in [-0.05, 0) is 31.2 Å². The van der Waals surface area contributed by atoms with E-state index in [0.29, 0.717) is 16.9 Å². The predicted molar refractivity (Wildman–Crippen MR) is 73.0 cm³/mol. The first-order chi connectivity index (χ1) is 9.58. The Morgan fingerprint density at radius 2 is 2.20 bits per heavy atom. The summed E-state index contributed by atoms with van der Waals surface area (Å²) in [5, 5.41) is 15.4. The molecule has 0 saturated carbocycles. The van der Waals surface area contributed by atoms with Gasteiger partial charge in [-0.1, -0.05) is 6.07 Å². The van der Waals surface area contributed by atoms with Crippen LogP contribution in [0.1, 0.15) is 11.3 Å². The van der Waals surface area contributed by atoms with Gasteiger partial charge >= 0.3 is 0 Å². The molecule has 20 heavy (non-hydrogen) atoms. The lowest BCUT2D eigenvalue weighted by atomic mass is 10.2. The summed E-state index contributed by atoms with van der Waals surface area (Å²) in [6.45, 7) is 1.57. The maximum absolute atomic E-state index is 11.9. The van der Waals surface area contributed by atoms with Crippen LogP contribution < -0.4 is 10.9 Å². The number of hydrogen-bond acceptors (Lipinski definition) is 4. The number of nitrogens with one attached hydrogen (secondary N) is 1. The van der Waals surface area contributed by atoms with E-state index in [0.717, 1.165) is 4.68 Å². The van der Waals surface area contributed by atoms with E-state index in [9.17, 15) is 9.59 Å². The van der Waals surface area contributed by atoms with Gasteiger partial charge in [-0.25, -0.2) is 4.68 Å². The van der Waals surface area contributed by atoms with E-state index >= 15 is 0 Å². The number of hydrogen-bond donors (Lipinski definition) is 1. The van der Waals surface area contributed by atoms with Crippen molar-refractivity contribution in [1.29, 1.82) is 5.26 Å². The summed E-state index contributed by atoms with van der Waals surface area (Å²) < 4.78 is 1.10. The minimum absolute atomic E-state index is 0.169. The van der Waals surface area contributed by atoms with Crippen molar-refractivity contribution in [2.75, 3.05) is 5.32 Å². The van der Waals surface area contributed by atoms with Crippen LogP contribution in [0.15, 0.2) is 41.2 Å². The van der Waals surface area contributed by atoms with Crippen LogP contribution in [-0.4, -0.2) is 15.7 Å². The van der Waals surface area contributed by atoms with Gasteiger partial charge in [0.25, 0.3) is 5.56 Å². The van der Waals surface area contributed by atoms with Crippen molar-refractivity contribution < 1.29 is 4.79 Å². The molecule has 1 aromatic carbocycles. The average molecular weight is 268 g/mol. The summed E-state index contributed by atoms with van der Waals surface area (Å²) in [4.78, 5) is 23.4. The van der Waals surface area contributed by atoms with Gasteiger partial charge in [0.1, 0.15) is 6.54 Å². The molecule has 0 fully saturated rings. The first-order valence-corrected chi connectivity index (χ1v) is 5.93.